The van der Waals surface area contributed by atoms with Gasteiger partial charge in [-0.1, -0.05) is 38.8 Å². The Hall–Kier alpha value is -2.38. The zero-order valence-electron chi connectivity index (χ0n) is 19.4. The Morgan fingerprint density at radius 2 is 1.53 bits per heavy atom. The van der Waals surface area contributed by atoms with Crippen LogP contribution in [0.15, 0.2) is 11.6 Å². The predicted molar refractivity (Wildman–Crippen MR) is 114 cm³/mol. The van der Waals surface area contributed by atoms with Crippen LogP contribution in [0.4, 0.5) is 0 Å². The molecule has 30 heavy (non-hydrogen) atoms. The van der Waals surface area contributed by atoms with Crippen LogP contribution in [0.5, 0.6) is 0 Å². The number of nitrogens with one attached hydrogen (secondary N) is 2. The van der Waals surface area contributed by atoms with Crippen LogP contribution < -0.4 is 10.6 Å². The SMILES string of the molecule is CCNC(=O)CC(C(=O)OC)/C(=C/C(CC(=O)OC)C(=O)NCC)CC(C)(C)CC. The van der Waals surface area contributed by atoms with Gasteiger partial charge in [0.15, 0.2) is 0 Å². The summed E-state index contributed by atoms with van der Waals surface area (Å²) >= 11 is 0. The third-order valence-electron chi connectivity index (χ3n) is 5.05. The predicted octanol–water partition coefficient (Wildman–Crippen LogP) is 2.37. The zero-order valence-corrected chi connectivity index (χ0v) is 19.4. The van der Waals surface area contributed by atoms with Crippen molar-refractivity contribution in [2.45, 2.75) is 60.3 Å². The first kappa shape index (κ1) is 27.6. The van der Waals surface area contributed by atoms with Gasteiger partial charge in [0, 0.05) is 19.5 Å². The van der Waals surface area contributed by atoms with Crippen molar-refractivity contribution in [2.24, 2.45) is 17.3 Å². The molecule has 2 atom stereocenters. The van der Waals surface area contributed by atoms with Crippen molar-refractivity contribution in [3.8, 4) is 0 Å². The van der Waals surface area contributed by atoms with Gasteiger partial charge in [0.2, 0.25) is 11.8 Å². The van der Waals surface area contributed by atoms with E-state index >= 15 is 0 Å². The van der Waals surface area contributed by atoms with E-state index in [0.29, 0.717) is 25.1 Å². The summed E-state index contributed by atoms with van der Waals surface area (Å²) in [4.78, 5) is 49.3. The van der Waals surface area contributed by atoms with E-state index in [4.69, 9.17) is 9.47 Å². The standard InChI is InChI=1S/C22H38N2O6/c1-8-22(4,5)14-16(17(21(28)30-7)13-18(25)23-9-2)11-15(12-19(26)29-6)20(27)24-10-3/h11,15,17H,8-10,12-14H2,1-7H3,(H,23,25)(H,24,27)/b16-11+. The summed E-state index contributed by atoms with van der Waals surface area (Å²) in [5.74, 6) is -3.36. The van der Waals surface area contributed by atoms with Crippen molar-refractivity contribution >= 4 is 23.8 Å². The van der Waals surface area contributed by atoms with Gasteiger partial charge in [0.05, 0.1) is 32.5 Å². The highest BCUT2D eigenvalue weighted by molar-refractivity contribution is 5.87. The van der Waals surface area contributed by atoms with Crippen molar-refractivity contribution in [1.82, 2.24) is 10.6 Å². The minimum Gasteiger partial charge on any atom is -0.469 e. The maximum Gasteiger partial charge on any atom is 0.313 e. The molecule has 0 fully saturated rings. The molecule has 0 saturated carbocycles. The molecular formula is C22H38N2O6. The van der Waals surface area contributed by atoms with Gasteiger partial charge in [0.1, 0.15) is 0 Å². The lowest BCUT2D eigenvalue weighted by Gasteiger charge is -2.29. The largest absolute Gasteiger partial charge is 0.469 e. The summed E-state index contributed by atoms with van der Waals surface area (Å²) in [6.07, 6.45) is 2.68. The second-order valence-corrected chi connectivity index (χ2v) is 7.95. The summed E-state index contributed by atoms with van der Waals surface area (Å²) in [6.45, 7) is 10.5. The Balaban J connectivity index is 6.29. The third kappa shape index (κ3) is 9.89. The van der Waals surface area contributed by atoms with E-state index < -0.39 is 23.8 Å². The molecule has 0 aliphatic rings. The monoisotopic (exact) mass is 426 g/mol. The molecule has 0 aromatic rings. The number of rotatable bonds is 13. The summed E-state index contributed by atoms with van der Waals surface area (Å²) in [7, 11) is 2.53. The third-order valence-corrected chi connectivity index (χ3v) is 5.05. The maximum atomic E-state index is 12.6. The minimum absolute atomic E-state index is 0.0908. The number of esters is 2. The number of carbonyl (C=O) groups excluding carboxylic acids is 4. The van der Waals surface area contributed by atoms with Crippen LogP contribution in [0, 0.1) is 17.3 Å². The van der Waals surface area contributed by atoms with E-state index in [1.807, 2.05) is 20.8 Å². The fourth-order valence-electron chi connectivity index (χ4n) is 2.99. The average molecular weight is 427 g/mol. The smallest absolute Gasteiger partial charge is 0.313 e. The summed E-state index contributed by atoms with van der Waals surface area (Å²) < 4.78 is 9.69. The van der Waals surface area contributed by atoms with Crippen LogP contribution >= 0.6 is 0 Å². The van der Waals surface area contributed by atoms with Crippen LogP contribution in [-0.2, 0) is 28.7 Å². The quantitative estimate of drug-likeness (QED) is 0.345. The van der Waals surface area contributed by atoms with E-state index in [1.165, 1.54) is 14.2 Å². The van der Waals surface area contributed by atoms with E-state index in [9.17, 15) is 19.2 Å². The van der Waals surface area contributed by atoms with Crippen LogP contribution in [0.2, 0.25) is 0 Å². The molecule has 8 nitrogen and oxygen atoms in total. The number of amides is 2. The van der Waals surface area contributed by atoms with Crippen LogP contribution in [0.1, 0.15) is 60.3 Å². The highest BCUT2D eigenvalue weighted by atomic mass is 16.5. The Kier molecular flexibility index (Phi) is 12.7. The zero-order chi connectivity index (χ0) is 23.3. The maximum absolute atomic E-state index is 12.6. The lowest BCUT2D eigenvalue weighted by atomic mass is 9.77. The second-order valence-electron chi connectivity index (χ2n) is 7.95. The van der Waals surface area contributed by atoms with Crippen molar-refractivity contribution < 1.29 is 28.7 Å². The van der Waals surface area contributed by atoms with Gasteiger partial charge in [-0.2, -0.15) is 0 Å². The van der Waals surface area contributed by atoms with Gasteiger partial charge in [-0.15, -0.1) is 0 Å². The van der Waals surface area contributed by atoms with Crippen LogP contribution in [0.25, 0.3) is 0 Å². The average Bonchev–Trinajstić information content (AvgIpc) is 2.70. The first-order chi connectivity index (χ1) is 14.0. The molecule has 0 heterocycles. The van der Waals surface area contributed by atoms with E-state index in [2.05, 4.69) is 10.6 Å². The molecule has 0 spiro atoms. The van der Waals surface area contributed by atoms with Gasteiger partial charge < -0.3 is 20.1 Å². The summed E-state index contributed by atoms with van der Waals surface area (Å²) in [5, 5.41) is 5.41. The molecule has 0 aliphatic carbocycles. The van der Waals surface area contributed by atoms with E-state index in [0.717, 1.165) is 6.42 Å². The molecular weight excluding hydrogens is 388 g/mol. The van der Waals surface area contributed by atoms with E-state index in [-0.39, 0.29) is 30.1 Å². The van der Waals surface area contributed by atoms with Crippen LogP contribution in [0.3, 0.4) is 0 Å². The van der Waals surface area contributed by atoms with Gasteiger partial charge in [-0.3, -0.25) is 19.2 Å². The molecule has 0 aromatic carbocycles. The van der Waals surface area contributed by atoms with Gasteiger partial charge in [0.25, 0.3) is 0 Å². The highest BCUT2D eigenvalue weighted by Gasteiger charge is 2.32. The fraction of sp³-hybridized carbons (Fsp3) is 0.727. The van der Waals surface area contributed by atoms with Crippen molar-refractivity contribution in [1.29, 1.82) is 0 Å². The Morgan fingerprint density at radius 3 is 2.00 bits per heavy atom. The summed E-state index contributed by atoms with van der Waals surface area (Å²) in [5.41, 5.74) is 0.427. The Morgan fingerprint density at radius 1 is 0.933 bits per heavy atom. The Bertz CT molecular complexity index is 627. The van der Waals surface area contributed by atoms with Gasteiger partial charge >= 0.3 is 11.9 Å². The molecule has 0 saturated heterocycles. The molecule has 2 N–H and O–H groups in total. The molecule has 0 radical (unpaired) electrons. The van der Waals surface area contributed by atoms with Gasteiger partial charge in [-0.05, 0) is 25.7 Å². The first-order valence-corrected chi connectivity index (χ1v) is 10.4. The van der Waals surface area contributed by atoms with Gasteiger partial charge in [-0.25, -0.2) is 0 Å². The second kappa shape index (κ2) is 13.8. The first-order valence-electron chi connectivity index (χ1n) is 10.4. The number of ether oxygens (including phenoxy) is 2. The molecule has 0 bridgehead atoms. The molecule has 0 aromatic heterocycles. The molecule has 2 unspecified atom stereocenters. The number of carbonyl (C=O) groups is 4. The fourth-order valence-corrected chi connectivity index (χ4v) is 2.99. The number of hydrogen-bond donors (Lipinski definition) is 2. The van der Waals surface area contributed by atoms with Crippen LogP contribution in [-0.4, -0.2) is 51.1 Å². The number of hydrogen-bond acceptors (Lipinski definition) is 6. The summed E-state index contributed by atoms with van der Waals surface area (Å²) in [6, 6.07) is 0. The van der Waals surface area contributed by atoms with Crippen molar-refractivity contribution in [3.63, 3.8) is 0 Å². The minimum atomic E-state index is -0.845. The Labute approximate surface area is 180 Å². The molecule has 8 heteroatoms. The molecule has 2 amide bonds. The normalized spacial score (nSPS) is 13.8. The number of methoxy groups -OCH3 is 2. The molecule has 172 valence electrons. The van der Waals surface area contributed by atoms with Crippen molar-refractivity contribution in [2.75, 3.05) is 27.3 Å². The molecule has 0 aliphatic heterocycles. The highest BCUT2D eigenvalue weighted by Crippen LogP contribution is 2.35. The molecule has 0 rings (SSSR count). The van der Waals surface area contributed by atoms with E-state index in [1.54, 1.807) is 19.9 Å². The van der Waals surface area contributed by atoms with Crippen molar-refractivity contribution in [3.05, 3.63) is 11.6 Å². The lowest BCUT2D eigenvalue weighted by molar-refractivity contribution is -0.146. The lowest BCUT2D eigenvalue weighted by Crippen LogP contribution is -2.34. The topological polar surface area (TPSA) is 111 Å².